The molecule has 42 heavy (non-hydrogen) atoms. The number of hydrogen-bond acceptors (Lipinski definition) is 5. The van der Waals surface area contributed by atoms with Gasteiger partial charge in [0.05, 0.1) is 13.2 Å². The van der Waals surface area contributed by atoms with Gasteiger partial charge in [-0.05, 0) is 86.0 Å². The number of nitriles is 1. The molecule has 8 nitrogen and oxygen atoms in total. The number of ether oxygens (including phenoxy) is 1. The number of aryl methyl sites for hydroxylation is 1. The fraction of sp³-hybridized carbons (Fsp3) is 0.382. The van der Waals surface area contributed by atoms with E-state index in [9.17, 15) is 14.9 Å². The van der Waals surface area contributed by atoms with Crippen molar-refractivity contribution in [3.05, 3.63) is 99.6 Å². The third-order valence-electron chi connectivity index (χ3n) is 9.33. The number of carbonyl (C=O) groups is 1. The van der Waals surface area contributed by atoms with Crippen molar-refractivity contribution in [2.45, 2.75) is 51.7 Å². The van der Waals surface area contributed by atoms with Gasteiger partial charge in [-0.15, -0.1) is 0 Å². The predicted molar refractivity (Wildman–Crippen MR) is 162 cm³/mol. The molecule has 1 atom stereocenters. The summed E-state index contributed by atoms with van der Waals surface area (Å²) >= 11 is 0. The molecule has 1 amide bonds. The number of carbonyl (C=O) groups excluding carboxylic acids is 1. The van der Waals surface area contributed by atoms with Crippen molar-refractivity contribution < 1.29 is 9.53 Å². The number of aromatic amines is 1. The summed E-state index contributed by atoms with van der Waals surface area (Å²) in [5, 5.41) is 13.6. The van der Waals surface area contributed by atoms with Crippen LogP contribution >= 0.6 is 0 Å². The number of pyridine rings is 1. The molecule has 3 heterocycles. The molecule has 1 unspecified atom stereocenters. The zero-order valence-electron chi connectivity index (χ0n) is 24.2. The highest BCUT2D eigenvalue weighted by Gasteiger charge is 2.49. The Morgan fingerprint density at radius 2 is 1.98 bits per heavy atom. The van der Waals surface area contributed by atoms with Crippen molar-refractivity contribution in [2.75, 3.05) is 20.2 Å². The van der Waals surface area contributed by atoms with Gasteiger partial charge in [0.1, 0.15) is 5.75 Å². The summed E-state index contributed by atoms with van der Waals surface area (Å²) in [6, 6.07) is 19.8. The second-order valence-electron chi connectivity index (χ2n) is 11.9. The number of benzene rings is 2. The summed E-state index contributed by atoms with van der Waals surface area (Å²) in [7, 11) is 1.73. The van der Waals surface area contributed by atoms with Crippen LogP contribution in [0.25, 0.3) is 10.9 Å². The van der Waals surface area contributed by atoms with Crippen LogP contribution in [0.2, 0.25) is 0 Å². The highest BCUT2D eigenvalue weighted by atomic mass is 16.5. The van der Waals surface area contributed by atoms with Crippen LogP contribution in [0.4, 0.5) is 0 Å². The van der Waals surface area contributed by atoms with E-state index in [-0.39, 0.29) is 28.8 Å². The summed E-state index contributed by atoms with van der Waals surface area (Å²) in [5.41, 5.74) is 5.37. The van der Waals surface area contributed by atoms with E-state index < -0.39 is 0 Å². The first kappa shape index (κ1) is 27.8. The predicted octanol–water partition coefficient (Wildman–Crippen LogP) is 5.33. The lowest BCUT2D eigenvalue weighted by molar-refractivity contribution is -0.0298. The van der Waals surface area contributed by atoms with Gasteiger partial charge in [-0.1, -0.05) is 18.2 Å². The quantitative estimate of drug-likeness (QED) is 0.302. The van der Waals surface area contributed by atoms with Crippen LogP contribution in [0.3, 0.4) is 0 Å². The molecule has 1 saturated heterocycles. The van der Waals surface area contributed by atoms with Crippen molar-refractivity contribution in [3.63, 3.8) is 0 Å². The number of aromatic nitrogens is 2. The number of methoxy groups -OCH3 is 1. The Labute approximate surface area is 245 Å². The number of H-pyrrole nitrogens is 1. The molecular weight excluding hydrogens is 526 g/mol. The molecule has 1 spiro atoms. The normalized spacial score (nSPS) is 22.0. The standard InChI is InChI=1S/C34H37N5O3/c1-23-17-30(42-2)28(27-10-12-36-32(23)27)22-39-15-11-34(18-24(19-34)21-35)20-29(39)25-6-8-26(9-7-25)33(41)37-13-16-38-14-4-3-5-31(38)40/h3-10,12,14,17,24,29,36H,11,13,15-16,18-20,22H2,1-2H3,(H,37,41). The van der Waals surface area contributed by atoms with Crippen LogP contribution in [0.5, 0.6) is 5.75 Å². The van der Waals surface area contributed by atoms with Crippen molar-refractivity contribution in [3.8, 4) is 11.8 Å². The molecule has 8 heteroatoms. The fourth-order valence-electron chi connectivity index (χ4n) is 7.02. The van der Waals surface area contributed by atoms with Crippen molar-refractivity contribution >= 4 is 16.8 Å². The summed E-state index contributed by atoms with van der Waals surface area (Å²) in [6.07, 6.45) is 7.72. The molecule has 1 saturated carbocycles. The van der Waals surface area contributed by atoms with Crippen LogP contribution in [-0.4, -0.2) is 40.6 Å². The van der Waals surface area contributed by atoms with E-state index >= 15 is 0 Å². The first-order chi connectivity index (χ1) is 20.4. The molecule has 2 fully saturated rings. The van der Waals surface area contributed by atoms with E-state index in [1.54, 1.807) is 30.0 Å². The Bertz CT molecular complexity index is 1690. The SMILES string of the molecule is COc1cc(C)c2[nH]ccc2c1CN1CCC2(CC(C#N)C2)CC1c1ccc(C(=O)NCCn2ccccc2=O)cc1. The number of nitrogens with zero attached hydrogens (tertiary/aromatic N) is 3. The lowest BCUT2D eigenvalue weighted by Gasteiger charge is -2.53. The topological polar surface area (TPSA) is 103 Å². The van der Waals surface area contributed by atoms with Gasteiger partial charge < -0.3 is 19.6 Å². The summed E-state index contributed by atoms with van der Waals surface area (Å²) < 4.78 is 7.44. The maximum atomic E-state index is 12.9. The molecule has 0 radical (unpaired) electrons. The lowest BCUT2D eigenvalue weighted by Crippen LogP contribution is -2.48. The number of amides is 1. The lowest BCUT2D eigenvalue weighted by atomic mass is 9.56. The van der Waals surface area contributed by atoms with Gasteiger partial charge in [0.15, 0.2) is 0 Å². The monoisotopic (exact) mass is 563 g/mol. The second kappa shape index (κ2) is 11.5. The van der Waals surface area contributed by atoms with Crippen LogP contribution in [0.15, 0.2) is 71.8 Å². The molecule has 2 aromatic carbocycles. The Morgan fingerprint density at radius 3 is 2.71 bits per heavy atom. The van der Waals surface area contributed by atoms with E-state index in [1.165, 1.54) is 22.6 Å². The van der Waals surface area contributed by atoms with Gasteiger partial charge in [-0.25, -0.2) is 0 Å². The molecule has 4 aromatic rings. The minimum absolute atomic E-state index is 0.0843. The molecular formula is C34H37N5O3. The summed E-state index contributed by atoms with van der Waals surface area (Å²) in [6.45, 7) is 4.58. The molecule has 1 aliphatic carbocycles. The van der Waals surface area contributed by atoms with Crippen LogP contribution in [-0.2, 0) is 13.1 Å². The van der Waals surface area contributed by atoms with Gasteiger partial charge in [-0.2, -0.15) is 5.26 Å². The van der Waals surface area contributed by atoms with Crippen molar-refractivity contribution in [1.82, 2.24) is 19.8 Å². The van der Waals surface area contributed by atoms with Crippen LogP contribution in [0, 0.1) is 29.6 Å². The molecule has 6 rings (SSSR count). The van der Waals surface area contributed by atoms with E-state index in [2.05, 4.69) is 52.5 Å². The maximum absolute atomic E-state index is 12.9. The van der Waals surface area contributed by atoms with Gasteiger partial charge in [-0.3, -0.25) is 14.5 Å². The zero-order chi connectivity index (χ0) is 29.3. The number of nitrogens with one attached hydrogen (secondary N) is 2. The average molecular weight is 564 g/mol. The van der Waals surface area contributed by atoms with Gasteiger partial charge in [0.2, 0.25) is 0 Å². The maximum Gasteiger partial charge on any atom is 0.251 e. The number of fused-ring (bicyclic) bond motifs is 1. The van der Waals surface area contributed by atoms with Gasteiger partial charge in [0.25, 0.3) is 11.5 Å². The van der Waals surface area contributed by atoms with Crippen molar-refractivity contribution in [2.24, 2.45) is 11.3 Å². The highest BCUT2D eigenvalue weighted by molar-refractivity contribution is 5.94. The zero-order valence-corrected chi connectivity index (χ0v) is 24.2. The largest absolute Gasteiger partial charge is 0.496 e. The first-order valence-corrected chi connectivity index (χ1v) is 14.7. The molecule has 2 aromatic heterocycles. The molecule has 2 aliphatic rings. The van der Waals surface area contributed by atoms with Crippen molar-refractivity contribution in [1.29, 1.82) is 5.26 Å². The third kappa shape index (κ3) is 5.33. The fourth-order valence-corrected chi connectivity index (χ4v) is 7.02. The van der Waals surface area contributed by atoms with Gasteiger partial charge >= 0.3 is 0 Å². The Balaban J connectivity index is 1.22. The summed E-state index contributed by atoms with van der Waals surface area (Å²) in [5.74, 6) is 0.904. The van der Waals surface area contributed by atoms with Crippen LogP contribution in [0.1, 0.15) is 58.8 Å². The second-order valence-corrected chi connectivity index (χ2v) is 11.9. The minimum Gasteiger partial charge on any atom is -0.496 e. The van der Waals surface area contributed by atoms with E-state index in [1.807, 2.05) is 18.3 Å². The molecule has 2 N–H and O–H groups in total. The number of piperidine rings is 1. The summed E-state index contributed by atoms with van der Waals surface area (Å²) in [4.78, 5) is 30.7. The van der Waals surface area contributed by atoms with E-state index in [0.717, 1.165) is 55.6 Å². The molecule has 216 valence electrons. The number of rotatable bonds is 8. The van der Waals surface area contributed by atoms with Gasteiger partial charge in [0, 0.05) is 72.1 Å². The molecule has 1 aliphatic heterocycles. The highest BCUT2D eigenvalue weighted by Crippen LogP contribution is 2.56. The average Bonchev–Trinajstić information content (AvgIpc) is 3.49. The Kier molecular flexibility index (Phi) is 7.61. The van der Waals surface area contributed by atoms with Crippen LogP contribution < -0.4 is 15.6 Å². The number of hydrogen-bond donors (Lipinski definition) is 2. The first-order valence-electron chi connectivity index (χ1n) is 14.7. The Morgan fingerprint density at radius 1 is 1.17 bits per heavy atom. The van der Waals surface area contributed by atoms with E-state index in [4.69, 9.17) is 4.74 Å². The minimum atomic E-state index is -0.155. The Hall–Kier alpha value is -4.35. The number of likely N-dealkylation sites (tertiary alicyclic amines) is 1. The van der Waals surface area contributed by atoms with E-state index in [0.29, 0.717) is 18.7 Å². The molecule has 0 bridgehead atoms. The smallest absolute Gasteiger partial charge is 0.251 e. The third-order valence-corrected chi connectivity index (χ3v) is 9.33.